The molecule has 1 N–H and O–H groups in total. The quantitative estimate of drug-likeness (QED) is 0.684. The lowest BCUT2D eigenvalue weighted by atomic mass is 10.00. The zero-order chi connectivity index (χ0) is 13.2. The largest absolute Gasteiger partial charge is 0.385 e. The summed E-state index contributed by atoms with van der Waals surface area (Å²) in [4.78, 5) is 0. The topological polar surface area (TPSA) is 30.5 Å². The van der Waals surface area contributed by atoms with Crippen LogP contribution in [0.25, 0.3) is 0 Å². The van der Waals surface area contributed by atoms with Crippen molar-refractivity contribution in [3.05, 3.63) is 35.4 Å². The minimum absolute atomic E-state index is 0.548. The first kappa shape index (κ1) is 15.2. The summed E-state index contributed by atoms with van der Waals surface area (Å²) in [7, 11) is 3.70. The van der Waals surface area contributed by atoms with E-state index in [4.69, 9.17) is 9.47 Å². The highest BCUT2D eigenvalue weighted by Crippen LogP contribution is 2.15. The van der Waals surface area contributed by atoms with Crippen molar-refractivity contribution in [2.75, 3.05) is 33.9 Å². The van der Waals surface area contributed by atoms with E-state index in [2.05, 4.69) is 36.5 Å². The van der Waals surface area contributed by atoms with Crippen molar-refractivity contribution in [2.24, 2.45) is 0 Å². The number of hydrogen-bond donors (Lipinski definition) is 1. The van der Waals surface area contributed by atoms with Crippen LogP contribution in [0.5, 0.6) is 0 Å². The molecule has 0 saturated heterocycles. The van der Waals surface area contributed by atoms with Gasteiger partial charge in [0.1, 0.15) is 0 Å². The van der Waals surface area contributed by atoms with Gasteiger partial charge >= 0.3 is 0 Å². The Bertz CT molecular complexity index is 311. The molecule has 1 unspecified atom stereocenters. The first-order valence-electron chi connectivity index (χ1n) is 6.58. The van der Waals surface area contributed by atoms with Crippen molar-refractivity contribution in [2.45, 2.75) is 25.9 Å². The van der Waals surface area contributed by atoms with E-state index in [0.717, 1.165) is 26.2 Å². The number of ether oxygens (including phenoxy) is 2. The molecule has 1 aromatic carbocycles. The van der Waals surface area contributed by atoms with Crippen molar-refractivity contribution in [1.82, 2.24) is 5.32 Å². The Kier molecular flexibility index (Phi) is 7.65. The first-order valence-corrected chi connectivity index (χ1v) is 6.58. The van der Waals surface area contributed by atoms with E-state index < -0.39 is 0 Å². The van der Waals surface area contributed by atoms with Crippen molar-refractivity contribution < 1.29 is 9.47 Å². The molecule has 0 spiro atoms. The van der Waals surface area contributed by atoms with Gasteiger partial charge in [-0.3, -0.25) is 0 Å². The molecule has 0 saturated carbocycles. The highest BCUT2D eigenvalue weighted by atomic mass is 16.5. The third kappa shape index (κ3) is 5.63. The summed E-state index contributed by atoms with van der Waals surface area (Å²) in [6, 6.07) is 8.68. The van der Waals surface area contributed by atoms with Gasteiger partial charge < -0.3 is 14.8 Å². The Morgan fingerprint density at radius 2 is 1.89 bits per heavy atom. The van der Waals surface area contributed by atoms with E-state index >= 15 is 0 Å². The van der Waals surface area contributed by atoms with E-state index in [-0.39, 0.29) is 0 Å². The van der Waals surface area contributed by atoms with Crippen molar-refractivity contribution >= 4 is 0 Å². The molecule has 0 aromatic heterocycles. The third-order valence-corrected chi connectivity index (χ3v) is 2.96. The van der Waals surface area contributed by atoms with Crippen LogP contribution in [-0.4, -0.2) is 33.9 Å². The van der Waals surface area contributed by atoms with Gasteiger partial charge in [-0.2, -0.15) is 0 Å². The highest BCUT2D eigenvalue weighted by Gasteiger charge is 2.03. The number of methoxy groups -OCH3 is 1. The van der Waals surface area contributed by atoms with Crippen molar-refractivity contribution in [1.29, 1.82) is 0 Å². The van der Waals surface area contributed by atoms with Gasteiger partial charge in [-0.15, -0.1) is 0 Å². The van der Waals surface area contributed by atoms with Crippen LogP contribution < -0.4 is 5.32 Å². The molecule has 0 amide bonds. The molecular weight excluding hydrogens is 226 g/mol. The van der Waals surface area contributed by atoms with Crippen LogP contribution >= 0.6 is 0 Å². The van der Waals surface area contributed by atoms with E-state index in [1.165, 1.54) is 11.1 Å². The zero-order valence-electron chi connectivity index (χ0n) is 11.7. The number of hydrogen-bond acceptors (Lipinski definition) is 3. The monoisotopic (exact) mass is 251 g/mol. The standard InChI is InChI=1S/C15H25NO2/c1-13(11-16-2)15-7-5-14(6-8-15)12-18-10-4-9-17-3/h5-8,13,16H,4,9-12H2,1-3H3. The fourth-order valence-corrected chi connectivity index (χ4v) is 1.86. The molecule has 0 aliphatic carbocycles. The van der Waals surface area contributed by atoms with Gasteiger partial charge in [0, 0.05) is 26.9 Å². The van der Waals surface area contributed by atoms with E-state index in [0.29, 0.717) is 12.5 Å². The van der Waals surface area contributed by atoms with E-state index in [9.17, 15) is 0 Å². The first-order chi connectivity index (χ1) is 8.77. The second kappa shape index (κ2) is 9.09. The predicted octanol–water partition coefficient (Wildman–Crippen LogP) is 2.56. The average Bonchev–Trinajstić information content (AvgIpc) is 2.39. The average molecular weight is 251 g/mol. The summed E-state index contributed by atoms with van der Waals surface area (Å²) in [5.41, 5.74) is 2.60. The molecule has 0 aliphatic rings. The fraction of sp³-hybridized carbons (Fsp3) is 0.600. The highest BCUT2D eigenvalue weighted by molar-refractivity contribution is 5.24. The van der Waals surface area contributed by atoms with Crippen molar-refractivity contribution in [3.8, 4) is 0 Å². The minimum Gasteiger partial charge on any atom is -0.385 e. The van der Waals surface area contributed by atoms with Gasteiger partial charge in [0.25, 0.3) is 0 Å². The van der Waals surface area contributed by atoms with Gasteiger partial charge in [-0.1, -0.05) is 31.2 Å². The van der Waals surface area contributed by atoms with Crippen LogP contribution in [-0.2, 0) is 16.1 Å². The molecule has 3 heteroatoms. The molecule has 3 nitrogen and oxygen atoms in total. The van der Waals surface area contributed by atoms with Gasteiger partial charge in [0.15, 0.2) is 0 Å². The lowest BCUT2D eigenvalue weighted by molar-refractivity contribution is 0.0928. The second-order valence-electron chi connectivity index (χ2n) is 4.60. The number of benzene rings is 1. The smallest absolute Gasteiger partial charge is 0.0716 e. The molecule has 1 aromatic rings. The minimum atomic E-state index is 0.548. The summed E-state index contributed by atoms with van der Waals surface area (Å²) >= 11 is 0. The molecule has 0 heterocycles. The number of rotatable bonds is 9. The maximum Gasteiger partial charge on any atom is 0.0716 e. The Labute approximate surface area is 110 Å². The van der Waals surface area contributed by atoms with Gasteiger partial charge in [-0.25, -0.2) is 0 Å². The molecule has 0 aliphatic heterocycles. The summed E-state index contributed by atoms with van der Waals surface area (Å²) in [6.45, 7) is 5.44. The summed E-state index contributed by atoms with van der Waals surface area (Å²) < 4.78 is 10.6. The molecule has 102 valence electrons. The van der Waals surface area contributed by atoms with E-state index in [1.54, 1.807) is 7.11 Å². The Morgan fingerprint density at radius 1 is 1.17 bits per heavy atom. The van der Waals surface area contributed by atoms with Crippen LogP contribution in [0.15, 0.2) is 24.3 Å². The normalized spacial score (nSPS) is 12.6. The Hall–Kier alpha value is -0.900. The maximum atomic E-state index is 5.58. The van der Waals surface area contributed by atoms with Gasteiger partial charge in [-0.05, 0) is 30.5 Å². The molecule has 18 heavy (non-hydrogen) atoms. The summed E-state index contributed by atoms with van der Waals surface area (Å²) in [6.07, 6.45) is 0.952. The van der Waals surface area contributed by atoms with E-state index in [1.807, 2.05) is 7.05 Å². The third-order valence-electron chi connectivity index (χ3n) is 2.96. The maximum absolute atomic E-state index is 5.58. The molecule has 0 radical (unpaired) electrons. The Morgan fingerprint density at radius 3 is 2.50 bits per heavy atom. The van der Waals surface area contributed by atoms with Crippen LogP contribution in [0.4, 0.5) is 0 Å². The molecular formula is C15H25NO2. The van der Waals surface area contributed by atoms with Crippen LogP contribution in [0, 0.1) is 0 Å². The lowest BCUT2D eigenvalue weighted by Gasteiger charge is -2.12. The number of nitrogens with one attached hydrogen (secondary N) is 1. The fourth-order valence-electron chi connectivity index (χ4n) is 1.86. The molecule has 0 fully saturated rings. The van der Waals surface area contributed by atoms with Crippen molar-refractivity contribution in [3.63, 3.8) is 0 Å². The Balaban J connectivity index is 2.31. The zero-order valence-corrected chi connectivity index (χ0v) is 11.7. The predicted molar refractivity (Wildman–Crippen MR) is 74.9 cm³/mol. The SMILES string of the molecule is CNCC(C)c1ccc(COCCCOC)cc1. The van der Waals surface area contributed by atoms with Gasteiger partial charge in [0.05, 0.1) is 6.61 Å². The van der Waals surface area contributed by atoms with Crippen LogP contribution in [0.3, 0.4) is 0 Å². The number of likely N-dealkylation sites (N-methyl/N-ethyl adjacent to an activating group) is 1. The molecule has 1 atom stereocenters. The van der Waals surface area contributed by atoms with Crippen LogP contribution in [0.2, 0.25) is 0 Å². The summed E-state index contributed by atoms with van der Waals surface area (Å²) in [5.74, 6) is 0.548. The van der Waals surface area contributed by atoms with Crippen LogP contribution in [0.1, 0.15) is 30.4 Å². The second-order valence-corrected chi connectivity index (χ2v) is 4.60. The summed E-state index contributed by atoms with van der Waals surface area (Å²) in [5, 5.41) is 3.20. The lowest BCUT2D eigenvalue weighted by Crippen LogP contribution is -2.14. The molecule has 1 rings (SSSR count). The molecule has 0 bridgehead atoms. The van der Waals surface area contributed by atoms with Gasteiger partial charge in [0.2, 0.25) is 0 Å².